The zero-order valence-corrected chi connectivity index (χ0v) is 9.80. The summed E-state index contributed by atoms with van der Waals surface area (Å²) in [4.78, 5) is 11.3. The zero-order chi connectivity index (χ0) is 11.0. The van der Waals surface area contributed by atoms with Gasteiger partial charge in [0.1, 0.15) is 0 Å². The van der Waals surface area contributed by atoms with Gasteiger partial charge in [-0.15, -0.1) is 0 Å². The molecule has 0 fully saturated rings. The molecular weight excluding hydrogens is 180 g/mol. The molecule has 14 heavy (non-hydrogen) atoms. The van der Waals surface area contributed by atoms with E-state index in [1.54, 1.807) is 0 Å². The number of ether oxygens (including phenoxy) is 1. The number of nitrogens with zero attached hydrogens (tertiary/aromatic N) is 1. The lowest BCUT2D eigenvalue weighted by Gasteiger charge is -2.22. The van der Waals surface area contributed by atoms with E-state index in [-0.39, 0.29) is 5.91 Å². The first kappa shape index (κ1) is 13.4. The molecule has 0 aromatic heterocycles. The Morgan fingerprint density at radius 3 is 2.50 bits per heavy atom. The predicted molar refractivity (Wildman–Crippen MR) is 57.0 cm³/mol. The molecular formula is C10H23N2O2+. The van der Waals surface area contributed by atoms with E-state index in [1.165, 1.54) is 0 Å². The highest BCUT2D eigenvalue weighted by molar-refractivity contribution is 5.76. The van der Waals surface area contributed by atoms with Crippen molar-refractivity contribution in [2.75, 3.05) is 47.4 Å². The van der Waals surface area contributed by atoms with Crippen LogP contribution < -0.4 is 5.32 Å². The van der Waals surface area contributed by atoms with Crippen LogP contribution in [0.3, 0.4) is 0 Å². The second kappa shape index (κ2) is 6.79. The van der Waals surface area contributed by atoms with E-state index in [1.807, 2.05) is 28.1 Å². The van der Waals surface area contributed by atoms with Crippen molar-refractivity contribution >= 4 is 5.91 Å². The SMILES string of the molecule is CCOCCCNC(=O)C[N+](C)(C)C. The molecule has 0 rings (SSSR count). The van der Waals surface area contributed by atoms with Crippen LogP contribution in [-0.4, -0.2) is 57.8 Å². The predicted octanol–water partition coefficient (Wildman–Crippen LogP) is 0.235. The molecule has 4 heteroatoms. The van der Waals surface area contributed by atoms with Crippen molar-refractivity contribution in [3.63, 3.8) is 0 Å². The lowest BCUT2D eigenvalue weighted by Crippen LogP contribution is -2.44. The molecule has 0 spiro atoms. The van der Waals surface area contributed by atoms with E-state index in [2.05, 4.69) is 5.32 Å². The van der Waals surface area contributed by atoms with E-state index >= 15 is 0 Å². The van der Waals surface area contributed by atoms with Gasteiger partial charge in [-0.25, -0.2) is 0 Å². The maximum absolute atomic E-state index is 11.3. The Morgan fingerprint density at radius 2 is 2.00 bits per heavy atom. The minimum atomic E-state index is 0.106. The standard InChI is InChI=1S/C10H22N2O2/c1-5-14-8-6-7-11-10(13)9-12(2,3)4/h5-9H2,1-4H3/p+1. The molecule has 0 heterocycles. The summed E-state index contributed by atoms with van der Waals surface area (Å²) >= 11 is 0. The first-order chi connectivity index (χ1) is 6.45. The summed E-state index contributed by atoms with van der Waals surface area (Å²) < 4.78 is 5.82. The number of rotatable bonds is 7. The van der Waals surface area contributed by atoms with Crippen molar-refractivity contribution in [3.05, 3.63) is 0 Å². The van der Waals surface area contributed by atoms with Gasteiger partial charge in [-0.05, 0) is 13.3 Å². The van der Waals surface area contributed by atoms with Crippen LogP contribution in [-0.2, 0) is 9.53 Å². The van der Waals surface area contributed by atoms with Crippen molar-refractivity contribution in [2.24, 2.45) is 0 Å². The third-order valence-electron chi connectivity index (χ3n) is 1.61. The van der Waals surface area contributed by atoms with Gasteiger partial charge in [0.25, 0.3) is 5.91 Å². The maximum atomic E-state index is 11.3. The van der Waals surface area contributed by atoms with Crippen LogP contribution in [0.2, 0.25) is 0 Å². The van der Waals surface area contributed by atoms with Crippen molar-refractivity contribution < 1.29 is 14.0 Å². The number of amides is 1. The highest BCUT2D eigenvalue weighted by Gasteiger charge is 2.12. The van der Waals surface area contributed by atoms with E-state index in [0.717, 1.165) is 19.6 Å². The molecule has 0 bridgehead atoms. The molecule has 0 unspecified atom stereocenters. The second-order valence-electron chi connectivity index (χ2n) is 4.35. The summed E-state index contributed by atoms with van der Waals surface area (Å²) in [6, 6.07) is 0. The maximum Gasteiger partial charge on any atom is 0.275 e. The highest BCUT2D eigenvalue weighted by atomic mass is 16.5. The number of nitrogens with one attached hydrogen (secondary N) is 1. The quantitative estimate of drug-likeness (QED) is 0.475. The lowest BCUT2D eigenvalue weighted by atomic mass is 10.4. The Hall–Kier alpha value is -0.610. The van der Waals surface area contributed by atoms with Crippen LogP contribution in [0.4, 0.5) is 0 Å². The number of quaternary nitrogens is 1. The third kappa shape index (κ3) is 9.48. The van der Waals surface area contributed by atoms with Crippen LogP contribution in [0.15, 0.2) is 0 Å². The fraction of sp³-hybridized carbons (Fsp3) is 0.900. The van der Waals surface area contributed by atoms with Crippen molar-refractivity contribution in [1.82, 2.24) is 5.32 Å². The molecule has 0 aliphatic carbocycles. The van der Waals surface area contributed by atoms with Gasteiger partial charge in [-0.3, -0.25) is 4.79 Å². The van der Waals surface area contributed by atoms with Gasteiger partial charge in [0, 0.05) is 19.8 Å². The molecule has 0 aromatic rings. The van der Waals surface area contributed by atoms with Gasteiger partial charge < -0.3 is 14.5 Å². The Kier molecular flexibility index (Phi) is 6.49. The molecule has 0 aliphatic rings. The highest BCUT2D eigenvalue weighted by Crippen LogP contribution is 1.88. The van der Waals surface area contributed by atoms with E-state index in [9.17, 15) is 4.79 Å². The number of hydrogen-bond donors (Lipinski definition) is 1. The molecule has 4 nitrogen and oxygen atoms in total. The molecule has 1 amide bonds. The summed E-state index contributed by atoms with van der Waals surface area (Å²) in [5.74, 6) is 0.106. The Labute approximate surface area is 86.8 Å². The Bertz CT molecular complexity index is 164. The van der Waals surface area contributed by atoms with Crippen LogP contribution in [0, 0.1) is 0 Å². The normalized spacial score (nSPS) is 11.4. The largest absolute Gasteiger partial charge is 0.382 e. The van der Waals surface area contributed by atoms with Crippen LogP contribution in [0.25, 0.3) is 0 Å². The van der Waals surface area contributed by atoms with Gasteiger partial charge in [-0.2, -0.15) is 0 Å². The molecule has 0 aromatic carbocycles. The van der Waals surface area contributed by atoms with Crippen LogP contribution in [0.5, 0.6) is 0 Å². The second-order valence-corrected chi connectivity index (χ2v) is 4.35. The van der Waals surface area contributed by atoms with Gasteiger partial charge in [-0.1, -0.05) is 0 Å². The number of likely N-dealkylation sites (N-methyl/N-ethyl adjacent to an activating group) is 1. The smallest absolute Gasteiger partial charge is 0.275 e. The molecule has 0 atom stereocenters. The number of carbonyl (C=O) groups excluding carboxylic acids is 1. The Morgan fingerprint density at radius 1 is 1.36 bits per heavy atom. The van der Waals surface area contributed by atoms with Gasteiger partial charge >= 0.3 is 0 Å². The minimum absolute atomic E-state index is 0.106. The van der Waals surface area contributed by atoms with E-state index in [4.69, 9.17) is 4.74 Å². The van der Waals surface area contributed by atoms with Gasteiger partial charge in [0.05, 0.1) is 21.1 Å². The van der Waals surface area contributed by atoms with Crippen molar-refractivity contribution in [1.29, 1.82) is 0 Å². The summed E-state index contributed by atoms with van der Waals surface area (Å²) in [7, 11) is 6.00. The number of carbonyl (C=O) groups is 1. The Balaban J connectivity index is 3.36. The van der Waals surface area contributed by atoms with Crippen molar-refractivity contribution in [3.8, 4) is 0 Å². The molecule has 0 saturated carbocycles. The topological polar surface area (TPSA) is 38.3 Å². The van der Waals surface area contributed by atoms with Gasteiger partial charge in [0.2, 0.25) is 0 Å². The van der Waals surface area contributed by atoms with E-state index < -0.39 is 0 Å². The third-order valence-corrected chi connectivity index (χ3v) is 1.61. The first-order valence-corrected chi connectivity index (χ1v) is 5.10. The summed E-state index contributed by atoms with van der Waals surface area (Å²) in [5, 5.41) is 2.86. The van der Waals surface area contributed by atoms with E-state index in [0.29, 0.717) is 17.6 Å². The van der Waals surface area contributed by atoms with Crippen LogP contribution in [0.1, 0.15) is 13.3 Å². The summed E-state index contributed by atoms with van der Waals surface area (Å²) in [6.45, 7) is 4.66. The van der Waals surface area contributed by atoms with Gasteiger partial charge in [0.15, 0.2) is 6.54 Å². The van der Waals surface area contributed by atoms with Crippen LogP contribution >= 0.6 is 0 Å². The number of hydrogen-bond acceptors (Lipinski definition) is 2. The minimum Gasteiger partial charge on any atom is -0.382 e. The molecule has 84 valence electrons. The first-order valence-electron chi connectivity index (χ1n) is 5.10. The fourth-order valence-electron chi connectivity index (χ4n) is 1.03. The van der Waals surface area contributed by atoms with Crippen molar-refractivity contribution in [2.45, 2.75) is 13.3 Å². The summed E-state index contributed by atoms with van der Waals surface area (Å²) in [6.07, 6.45) is 0.886. The zero-order valence-electron chi connectivity index (χ0n) is 9.80. The monoisotopic (exact) mass is 203 g/mol. The molecule has 0 radical (unpaired) electrons. The summed E-state index contributed by atoms with van der Waals surface area (Å²) in [5.41, 5.74) is 0. The fourth-order valence-corrected chi connectivity index (χ4v) is 1.03. The average Bonchev–Trinajstić information content (AvgIpc) is 2.00. The lowest BCUT2D eigenvalue weighted by molar-refractivity contribution is -0.862. The molecule has 1 N–H and O–H groups in total. The average molecular weight is 203 g/mol. The molecule has 0 saturated heterocycles. The molecule has 0 aliphatic heterocycles.